The van der Waals surface area contributed by atoms with Gasteiger partial charge in [-0.1, -0.05) is 6.42 Å². The Morgan fingerprint density at radius 3 is 2.60 bits per heavy atom. The number of nitrogens with one attached hydrogen (secondary N) is 1. The number of carbonyl (C=O) groups excluding carboxylic acids is 1. The van der Waals surface area contributed by atoms with Crippen molar-refractivity contribution >= 4 is 17.6 Å². The fraction of sp³-hybridized carbons (Fsp3) is 0.533. The summed E-state index contributed by atoms with van der Waals surface area (Å²) in [5.74, 6) is -1.50. The minimum atomic E-state index is -0.796. The Hall–Kier alpha value is -1.91. The van der Waals surface area contributed by atoms with Crippen LogP contribution in [-0.2, 0) is 9.59 Å². The highest BCUT2D eigenvalue weighted by molar-refractivity contribution is 5.93. The average molecular weight is 276 g/mol. The van der Waals surface area contributed by atoms with Crippen molar-refractivity contribution in [3.63, 3.8) is 0 Å². The molecule has 5 heteroatoms. The SMILES string of the molecule is Cc1ccc(NC(=O)C2CCCC(C(=O)O)C2)c(C)n1. The Morgan fingerprint density at radius 2 is 1.95 bits per heavy atom. The maximum atomic E-state index is 12.2. The first-order valence-electron chi connectivity index (χ1n) is 6.95. The van der Waals surface area contributed by atoms with Crippen molar-refractivity contribution in [2.45, 2.75) is 39.5 Å². The second kappa shape index (κ2) is 6.03. The molecule has 1 heterocycles. The van der Waals surface area contributed by atoms with Crippen LogP contribution in [0.15, 0.2) is 12.1 Å². The number of nitrogens with zero attached hydrogens (tertiary/aromatic N) is 1. The minimum absolute atomic E-state index is 0.0929. The lowest BCUT2D eigenvalue weighted by molar-refractivity contribution is -0.143. The summed E-state index contributed by atoms with van der Waals surface area (Å²) >= 11 is 0. The molecule has 0 radical (unpaired) electrons. The lowest BCUT2D eigenvalue weighted by atomic mass is 9.81. The number of carboxylic acids is 1. The smallest absolute Gasteiger partial charge is 0.306 e. The zero-order valence-corrected chi connectivity index (χ0v) is 11.8. The fourth-order valence-corrected chi connectivity index (χ4v) is 2.71. The van der Waals surface area contributed by atoms with Crippen molar-refractivity contribution in [2.75, 3.05) is 5.32 Å². The number of hydrogen-bond donors (Lipinski definition) is 2. The summed E-state index contributed by atoms with van der Waals surface area (Å²) in [6, 6.07) is 3.69. The van der Waals surface area contributed by atoms with Crippen LogP contribution in [0.5, 0.6) is 0 Å². The van der Waals surface area contributed by atoms with Crippen molar-refractivity contribution in [1.82, 2.24) is 4.98 Å². The summed E-state index contributed by atoms with van der Waals surface area (Å²) in [6.07, 6.45) is 2.65. The number of carboxylic acid groups (broad SMARTS) is 1. The molecule has 1 aliphatic carbocycles. The van der Waals surface area contributed by atoms with Crippen LogP contribution in [0.2, 0.25) is 0 Å². The highest BCUT2D eigenvalue weighted by Gasteiger charge is 2.31. The maximum Gasteiger partial charge on any atom is 0.306 e. The quantitative estimate of drug-likeness (QED) is 0.889. The predicted octanol–water partition coefficient (Wildman–Crippen LogP) is 2.53. The molecule has 0 saturated heterocycles. The van der Waals surface area contributed by atoms with Crippen LogP contribution in [0.1, 0.15) is 37.1 Å². The lowest BCUT2D eigenvalue weighted by Crippen LogP contribution is -2.31. The van der Waals surface area contributed by atoms with Crippen molar-refractivity contribution < 1.29 is 14.7 Å². The van der Waals surface area contributed by atoms with E-state index in [-0.39, 0.29) is 11.8 Å². The molecule has 0 aromatic carbocycles. The van der Waals surface area contributed by atoms with E-state index in [1.54, 1.807) is 0 Å². The number of hydrogen-bond acceptors (Lipinski definition) is 3. The monoisotopic (exact) mass is 276 g/mol. The number of aryl methyl sites for hydroxylation is 2. The van der Waals surface area contributed by atoms with Crippen LogP contribution in [0, 0.1) is 25.7 Å². The normalized spacial score (nSPS) is 22.3. The van der Waals surface area contributed by atoms with Gasteiger partial charge in [-0.05, 0) is 45.2 Å². The Balaban J connectivity index is 2.02. The van der Waals surface area contributed by atoms with E-state index in [1.807, 2.05) is 26.0 Å². The third kappa shape index (κ3) is 3.35. The molecular formula is C15H20N2O3. The Morgan fingerprint density at radius 1 is 1.25 bits per heavy atom. The van der Waals surface area contributed by atoms with Crippen LogP contribution in [0.25, 0.3) is 0 Å². The Bertz CT molecular complexity index is 528. The Kier molecular flexibility index (Phi) is 4.37. The summed E-state index contributed by atoms with van der Waals surface area (Å²) in [5, 5.41) is 11.9. The third-order valence-electron chi connectivity index (χ3n) is 3.88. The van der Waals surface area contributed by atoms with Gasteiger partial charge < -0.3 is 10.4 Å². The highest BCUT2D eigenvalue weighted by Crippen LogP contribution is 2.30. The van der Waals surface area contributed by atoms with Gasteiger partial charge in [-0.25, -0.2) is 0 Å². The minimum Gasteiger partial charge on any atom is -0.481 e. The molecule has 1 saturated carbocycles. The summed E-state index contributed by atoms with van der Waals surface area (Å²) in [4.78, 5) is 27.6. The van der Waals surface area contributed by atoms with Gasteiger partial charge in [-0.3, -0.25) is 14.6 Å². The number of anilines is 1. The van der Waals surface area contributed by atoms with Gasteiger partial charge in [0.1, 0.15) is 0 Å². The molecule has 0 aliphatic heterocycles. The van der Waals surface area contributed by atoms with Crippen LogP contribution in [0.3, 0.4) is 0 Å². The van der Waals surface area contributed by atoms with Gasteiger partial charge in [0.25, 0.3) is 0 Å². The molecule has 2 atom stereocenters. The number of pyridine rings is 1. The lowest BCUT2D eigenvalue weighted by Gasteiger charge is -2.25. The standard InChI is InChI=1S/C15H20N2O3/c1-9-6-7-13(10(2)16-9)17-14(18)11-4-3-5-12(8-11)15(19)20/h6-7,11-12H,3-5,8H2,1-2H3,(H,17,18)(H,19,20). The zero-order valence-electron chi connectivity index (χ0n) is 11.8. The van der Waals surface area contributed by atoms with Crippen LogP contribution in [-0.4, -0.2) is 22.0 Å². The number of aliphatic carboxylic acids is 1. The summed E-state index contributed by atoms with van der Waals surface area (Å²) in [5.41, 5.74) is 2.39. The van der Waals surface area contributed by atoms with Crippen molar-refractivity contribution in [3.8, 4) is 0 Å². The zero-order chi connectivity index (χ0) is 14.7. The molecule has 0 bridgehead atoms. The molecule has 0 spiro atoms. The molecule has 2 unspecified atom stereocenters. The van der Waals surface area contributed by atoms with E-state index in [0.29, 0.717) is 18.5 Å². The first-order valence-corrected chi connectivity index (χ1v) is 6.95. The summed E-state index contributed by atoms with van der Waals surface area (Å²) < 4.78 is 0. The highest BCUT2D eigenvalue weighted by atomic mass is 16.4. The number of aromatic nitrogens is 1. The van der Waals surface area contributed by atoms with Crippen molar-refractivity contribution in [1.29, 1.82) is 0 Å². The van der Waals surface area contributed by atoms with Crippen LogP contribution >= 0.6 is 0 Å². The van der Waals surface area contributed by atoms with Crippen LogP contribution < -0.4 is 5.32 Å². The maximum absolute atomic E-state index is 12.2. The van der Waals surface area contributed by atoms with Gasteiger partial charge in [0.05, 0.1) is 17.3 Å². The van der Waals surface area contributed by atoms with Gasteiger partial charge in [-0.2, -0.15) is 0 Å². The van der Waals surface area contributed by atoms with Crippen molar-refractivity contribution in [3.05, 3.63) is 23.5 Å². The molecule has 1 aliphatic rings. The molecule has 108 valence electrons. The van der Waals surface area contributed by atoms with E-state index in [4.69, 9.17) is 5.11 Å². The molecule has 1 amide bonds. The molecule has 20 heavy (non-hydrogen) atoms. The van der Waals surface area contributed by atoms with Gasteiger partial charge in [0.2, 0.25) is 5.91 Å². The van der Waals surface area contributed by atoms with Gasteiger partial charge in [0.15, 0.2) is 0 Å². The molecule has 1 aromatic heterocycles. The number of amides is 1. The number of carbonyl (C=O) groups is 2. The van der Waals surface area contributed by atoms with E-state index < -0.39 is 11.9 Å². The van der Waals surface area contributed by atoms with Crippen molar-refractivity contribution in [2.24, 2.45) is 11.8 Å². The van der Waals surface area contributed by atoms with E-state index in [9.17, 15) is 9.59 Å². The summed E-state index contributed by atoms with van der Waals surface area (Å²) in [6.45, 7) is 3.75. The van der Waals surface area contributed by atoms with E-state index >= 15 is 0 Å². The van der Waals surface area contributed by atoms with Gasteiger partial charge in [-0.15, -0.1) is 0 Å². The average Bonchev–Trinajstić information content (AvgIpc) is 2.42. The van der Waals surface area contributed by atoms with Crippen LogP contribution in [0.4, 0.5) is 5.69 Å². The number of rotatable bonds is 3. The van der Waals surface area contributed by atoms with E-state index in [2.05, 4.69) is 10.3 Å². The van der Waals surface area contributed by atoms with Gasteiger partial charge >= 0.3 is 5.97 Å². The summed E-state index contributed by atoms with van der Waals surface area (Å²) in [7, 11) is 0. The fourth-order valence-electron chi connectivity index (χ4n) is 2.71. The third-order valence-corrected chi connectivity index (χ3v) is 3.88. The second-order valence-electron chi connectivity index (χ2n) is 5.47. The second-order valence-corrected chi connectivity index (χ2v) is 5.47. The predicted molar refractivity (Wildman–Crippen MR) is 75.4 cm³/mol. The molecule has 2 N–H and O–H groups in total. The topological polar surface area (TPSA) is 79.3 Å². The Labute approximate surface area is 118 Å². The first kappa shape index (κ1) is 14.5. The van der Waals surface area contributed by atoms with E-state index in [1.165, 1.54) is 0 Å². The van der Waals surface area contributed by atoms with E-state index in [0.717, 1.165) is 24.2 Å². The van der Waals surface area contributed by atoms with Gasteiger partial charge in [0, 0.05) is 11.6 Å². The molecule has 2 rings (SSSR count). The first-order chi connectivity index (χ1) is 9.47. The molecule has 1 fully saturated rings. The molecule has 5 nitrogen and oxygen atoms in total. The molecule has 1 aromatic rings. The largest absolute Gasteiger partial charge is 0.481 e. The molecular weight excluding hydrogens is 256 g/mol.